The molecule has 1 saturated carbocycles. The van der Waals surface area contributed by atoms with Crippen LogP contribution in [0.25, 0.3) is 0 Å². The van der Waals surface area contributed by atoms with Crippen molar-refractivity contribution in [2.45, 2.75) is 37.5 Å². The van der Waals surface area contributed by atoms with Crippen molar-refractivity contribution >= 4 is 26.0 Å². The highest BCUT2D eigenvalue weighted by Gasteiger charge is 2.30. The molecule has 0 aromatic heterocycles. The first kappa shape index (κ1) is 14.0. The van der Waals surface area contributed by atoms with E-state index in [-0.39, 0.29) is 5.41 Å². The standard InChI is InChI=1S/C13H18BrNO2S/c1-13(7-2-3-8-13)10-15-18(16,17)12-6-4-5-11(14)9-12/h4-6,9,15H,2-3,7-8,10H2,1H3. The van der Waals surface area contributed by atoms with Crippen LogP contribution in [0.5, 0.6) is 0 Å². The molecule has 0 atom stereocenters. The smallest absolute Gasteiger partial charge is 0.211 e. The molecule has 1 aliphatic carbocycles. The third-order valence-corrected chi connectivity index (χ3v) is 5.50. The van der Waals surface area contributed by atoms with E-state index in [1.165, 1.54) is 12.8 Å². The molecule has 0 amide bonds. The van der Waals surface area contributed by atoms with Crippen molar-refractivity contribution in [1.82, 2.24) is 4.72 Å². The molecule has 0 heterocycles. The largest absolute Gasteiger partial charge is 0.240 e. The molecule has 1 aromatic carbocycles. The first-order valence-electron chi connectivity index (χ1n) is 6.17. The summed E-state index contributed by atoms with van der Waals surface area (Å²) >= 11 is 3.29. The average Bonchev–Trinajstić information content (AvgIpc) is 2.75. The second-order valence-electron chi connectivity index (χ2n) is 5.30. The molecule has 2 rings (SSSR count). The lowest BCUT2D eigenvalue weighted by atomic mass is 9.89. The van der Waals surface area contributed by atoms with Gasteiger partial charge in [0.25, 0.3) is 0 Å². The number of hydrogen-bond donors (Lipinski definition) is 1. The molecule has 1 aliphatic rings. The van der Waals surface area contributed by atoms with E-state index in [9.17, 15) is 8.42 Å². The fourth-order valence-corrected chi connectivity index (χ4v) is 4.19. The predicted molar refractivity (Wildman–Crippen MR) is 75.9 cm³/mol. The van der Waals surface area contributed by atoms with E-state index in [0.717, 1.165) is 17.3 Å². The number of nitrogens with one attached hydrogen (secondary N) is 1. The van der Waals surface area contributed by atoms with Gasteiger partial charge in [-0.05, 0) is 36.5 Å². The van der Waals surface area contributed by atoms with Crippen molar-refractivity contribution in [2.24, 2.45) is 5.41 Å². The molecule has 0 aliphatic heterocycles. The van der Waals surface area contributed by atoms with E-state index >= 15 is 0 Å². The number of hydrogen-bond acceptors (Lipinski definition) is 2. The van der Waals surface area contributed by atoms with E-state index in [0.29, 0.717) is 11.4 Å². The van der Waals surface area contributed by atoms with Crippen LogP contribution in [0.15, 0.2) is 33.6 Å². The Labute approximate surface area is 117 Å². The van der Waals surface area contributed by atoms with E-state index in [1.54, 1.807) is 18.2 Å². The molecular formula is C13H18BrNO2S. The summed E-state index contributed by atoms with van der Waals surface area (Å²) in [5, 5.41) is 0. The Morgan fingerprint density at radius 1 is 1.33 bits per heavy atom. The summed E-state index contributed by atoms with van der Waals surface area (Å²) in [7, 11) is -3.39. The topological polar surface area (TPSA) is 46.2 Å². The summed E-state index contributed by atoms with van der Waals surface area (Å²) in [6, 6.07) is 6.79. The second kappa shape index (κ2) is 5.31. The minimum Gasteiger partial charge on any atom is -0.211 e. The molecule has 100 valence electrons. The Hall–Kier alpha value is -0.390. The van der Waals surface area contributed by atoms with Crippen LogP contribution in [-0.4, -0.2) is 15.0 Å². The maximum Gasteiger partial charge on any atom is 0.240 e. The molecule has 1 N–H and O–H groups in total. The van der Waals surface area contributed by atoms with Gasteiger partial charge in [-0.25, -0.2) is 13.1 Å². The van der Waals surface area contributed by atoms with Crippen LogP contribution in [-0.2, 0) is 10.0 Å². The quantitative estimate of drug-likeness (QED) is 0.919. The van der Waals surface area contributed by atoms with Gasteiger partial charge >= 0.3 is 0 Å². The van der Waals surface area contributed by atoms with Gasteiger partial charge < -0.3 is 0 Å². The molecule has 0 unspecified atom stereocenters. The summed E-state index contributed by atoms with van der Waals surface area (Å²) in [6.07, 6.45) is 4.62. The van der Waals surface area contributed by atoms with E-state index in [1.807, 2.05) is 6.07 Å². The van der Waals surface area contributed by atoms with E-state index < -0.39 is 10.0 Å². The van der Waals surface area contributed by atoms with Crippen LogP contribution in [0.2, 0.25) is 0 Å². The first-order chi connectivity index (χ1) is 8.41. The number of sulfonamides is 1. The minimum absolute atomic E-state index is 0.124. The van der Waals surface area contributed by atoms with Crippen LogP contribution in [0.4, 0.5) is 0 Å². The Kier molecular flexibility index (Phi) is 4.14. The molecule has 1 fully saturated rings. The minimum atomic E-state index is -3.39. The van der Waals surface area contributed by atoms with Gasteiger partial charge in [0.05, 0.1) is 4.90 Å². The first-order valence-corrected chi connectivity index (χ1v) is 8.44. The molecule has 18 heavy (non-hydrogen) atoms. The summed E-state index contributed by atoms with van der Waals surface area (Å²) in [4.78, 5) is 0.318. The predicted octanol–water partition coefficient (Wildman–Crippen LogP) is 3.31. The van der Waals surface area contributed by atoms with Gasteiger partial charge in [0.2, 0.25) is 10.0 Å². The van der Waals surface area contributed by atoms with Crippen LogP contribution >= 0.6 is 15.9 Å². The van der Waals surface area contributed by atoms with Crippen LogP contribution < -0.4 is 4.72 Å². The molecule has 3 nitrogen and oxygen atoms in total. The maximum absolute atomic E-state index is 12.2. The Morgan fingerprint density at radius 2 is 2.00 bits per heavy atom. The van der Waals surface area contributed by atoms with Crippen LogP contribution in [0.3, 0.4) is 0 Å². The monoisotopic (exact) mass is 331 g/mol. The third-order valence-electron chi connectivity index (χ3n) is 3.61. The average molecular weight is 332 g/mol. The lowest BCUT2D eigenvalue weighted by Crippen LogP contribution is -2.34. The Balaban J connectivity index is 2.08. The van der Waals surface area contributed by atoms with Crippen molar-refractivity contribution < 1.29 is 8.42 Å². The van der Waals surface area contributed by atoms with Crippen molar-refractivity contribution in [3.05, 3.63) is 28.7 Å². The van der Waals surface area contributed by atoms with Crippen molar-refractivity contribution in [3.8, 4) is 0 Å². The normalized spacial score (nSPS) is 19.0. The van der Waals surface area contributed by atoms with Gasteiger partial charge in [-0.15, -0.1) is 0 Å². The van der Waals surface area contributed by atoms with Gasteiger partial charge in [-0.1, -0.05) is 41.8 Å². The summed E-state index contributed by atoms with van der Waals surface area (Å²) in [5.41, 5.74) is 0.124. The zero-order valence-corrected chi connectivity index (χ0v) is 12.9. The van der Waals surface area contributed by atoms with Gasteiger partial charge in [0, 0.05) is 11.0 Å². The maximum atomic E-state index is 12.2. The zero-order chi connectivity index (χ0) is 13.2. The molecule has 0 saturated heterocycles. The Bertz CT molecular complexity index is 522. The second-order valence-corrected chi connectivity index (χ2v) is 7.98. The lowest BCUT2D eigenvalue weighted by Gasteiger charge is -2.23. The lowest BCUT2D eigenvalue weighted by molar-refractivity contribution is 0.336. The number of halogens is 1. The number of rotatable bonds is 4. The van der Waals surface area contributed by atoms with Crippen LogP contribution in [0.1, 0.15) is 32.6 Å². The van der Waals surface area contributed by atoms with Crippen molar-refractivity contribution in [1.29, 1.82) is 0 Å². The molecular weight excluding hydrogens is 314 g/mol. The Morgan fingerprint density at radius 3 is 2.61 bits per heavy atom. The highest BCUT2D eigenvalue weighted by molar-refractivity contribution is 9.10. The molecule has 5 heteroatoms. The molecule has 0 bridgehead atoms. The van der Waals surface area contributed by atoms with Crippen molar-refractivity contribution in [3.63, 3.8) is 0 Å². The van der Waals surface area contributed by atoms with Gasteiger partial charge in [-0.3, -0.25) is 0 Å². The molecule has 1 aromatic rings. The van der Waals surface area contributed by atoms with E-state index in [2.05, 4.69) is 27.6 Å². The summed E-state index contributed by atoms with van der Waals surface area (Å²) in [5.74, 6) is 0. The van der Waals surface area contributed by atoms with Crippen molar-refractivity contribution in [2.75, 3.05) is 6.54 Å². The molecule has 0 spiro atoms. The number of benzene rings is 1. The SMILES string of the molecule is CC1(CNS(=O)(=O)c2cccc(Br)c2)CCCC1. The fraction of sp³-hybridized carbons (Fsp3) is 0.538. The highest BCUT2D eigenvalue weighted by atomic mass is 79.9. The van der Waals surface area contributed by atoms with E-state index in [4.69, 9.17) is 0 Å². The van der Waals surface area contributed by atoms with Gasteiger partial charge in [-0.2, -0.15) is 0 Å². The third kappa shape index (κ3) is 3.33. The summed E-state index contributed by atoms with van der Waals surface area (Å²) in [6.45, 7) is 2.69. The fourth-order valence-electron chi connectivity index (χ4n) is 2.39. The molecule has 0 radical (unpaired) electrons. The zero-order valence-electron chi connectivity index (χ0n) is 10.4. The van der Waals surface area contributed by atoms with Crippen LogP contribution in [0, 0.1) is 5.41 Å². The van der Waals surface area contributed by atoms with Gasteiger partial charge in [0.15, 0.2) is 0 Å². The summed E-state index contributed by atoms with van der Waals surface area (Å²) < 4.78 is 27.8. The van der Waals surface area contributed by atoms with Gasteiger partial charge in [0.1, 0.15) is 0 Å². The highest BCUT2D eigenvalue weighted by Crippen LogP contribution is 2.37.